The highest BCUT2D eigenvalue weighted by molar-refractivity contribution is 14.0. The fourth-order valence-electron chi connectivity index (χ4n) is 2.80. The highest BCUT2D eigenvalue weighted by Gasteiger charge is 2.06. The molecule has 0 aliphatic rings. The van der Waals surface area contributed by atoms with Crippen molar-refractivity contribution in [1.29, 1.82) is 0 Å². The van der Waals surface area contributed by atoms with E-state index >= 15 is 0 Å². The molecular weight excluding hydrogens is 473 g/mol. The number of aryl methyl sites for hydroxylation is 2. The molecule has 27 heavy (non-hydrogen) atoms. The molecule has 0 bridgehead atoms. The molecule has 0 heterocycles. The van der Waals surface area contributed by atoms with Gasteiger partial charge in [0.15, 0.2) is 15.8 Å². The van der Waals surface area contributed by atoms with Crippen LogP contribution in [0.5, 0.6) is 0 Å². The number of sulfone groups is 1. The quantitative estimate of drug-likeness (QED) is 0.362. The largest absolute Gasteiger partial charge is 0.356 e. The first kappa shape index (κ1) is 23.4. The van der Waals surface area contributed by atoms with Gasteiger partial charge in [0.25, 0.3) is 0 Å². The number of rotatable bonds is 6. The lowest BCUT2D eigenvalue weighted by Crippen LogP contribution is -2.37. The van der Waals surface area contributed by atoms with Crippen molar-refractivity contribution in [2.24, 2.45) is 4.99 Å². The van der Waals surface area contributed by atoms with Crippen LogP contribution in [-0.2, 0) is 22.8 Å². The number of guanidine groups is 1. The van der Waals surface area contributed by atoms with Gasteiger partial charge in [-0.05, 0) is 43.5 Å². The van der Waals surface area contributed by atoms with E-state index in [1.54, 1.807) is 19.2 Å². The highest BCUT2D eigenvalue weighted by Crippen LogP contribution is 2.10. The van der Waals surface area contributed by atoms with E-state index in [2.05, 4.69) is 47.7 Å². The molecule has 0 radical (unpaired) electrons. The Bertz CT molecular complexity index is 858. The molecule has 0 aliphatic heterocycles. The van der Waals surface area contributed by atoms with Gasteiger partial charge in [0, 0.05) is 26.4 Å². The first-order chi connectivity index (χ1) is 12.3. The Morgan fingerprint density at radius 3 is 2.07 bits per heavy atom. The van der Waals surface area contributed by atoms with Crippen molar-refractivity contribution in [3.8, 4) is 0 Å². The minimum absolute atomic E-state index is 0. The van der Waals surface area contributed by atoms with Crippen molar-refractivity contribution in [1.82, 2.24) is 10.6 Å². The van der Waals surface area contributed by atoms with E-state index in [-0.39, 0.29) is 24.0 Å². The van der Waals surface area contributed by atoms with E-state index in [1.807, 2.05) is 12.1 Å². The number of aliphatic imine (C=N–C) groups is 1. The molecule has 2 aromatic carbocycles. The van der Waals surface area contributed by atoms with Crippen molar-refractivity contribution >= 4 is 39.8 Å². The van der Waals surface area contributed by atoms with Gasteiger partial charge in [-0.25, -0.2) is 8.42 Å². The molecule has 0 fully saturated rings. The third kappa shape index (κ3) is 7.88. The average molecular weight is 501 g/mol. The van der Waals surface area contributed by atoms with Crippen LogP contribution in [0.4, 0.5) is 0 Å². The number of halogens is 1. The monoisotopic (exact) mass is 501 g/mol. The highest BCUT2D eigenvalue weighted by atomic mass is 127. The van der Waals surface area contributed by atoms with Gasteiger partial charge in [0.2, 0.25) is 0 Å². The molecule has 0 aromatic heterocycles. The number of nitrogens with zero attached hydrogens (tertiary/aromatic N) is 1. The Balaban J connectivity index is 0.00000364. The summed E-state index contributed by atoms with van der Waals surface area (Å²) in [5.41, 5.74) is 4.86. The summed E-state index contributed by atoms with van der Waals surface area (Å²) >= 11 is 0. The summed E-state index contributed by atoms with van der Waals surface area (Å²) in [4.78, 5) is 4.56. The molecule has 0 saturated heterocycles. The standard InChI is InChI=1S/C20H27N3O2S.HI/c1-15-11-16(2)13-18(12-15)9-10-22-20(21-3)23-14-17-5-7-19(8-6-17)26(4,24)25;/h5-8,11-13H,9-10,14H2,1-4H3,(H2,21,22,23);1H. The molecule has 0 atom stereocenters. The number of benzene rings is 2. The van der Waals surface area contributed by atoms with Crippen LogP contribution >= 0.6 is 24.0 Å². The van der Waals surface area contributed by atoms with E-state index < -0.39 is 9.84 Å². The molecule has 2 rings (SSSR count). The lowest BCUT2D eigenvalue weighted by atomic mass is 10.1. The maximum absolute atomic E-state index is 11.5. The second-order valence-corrected chi connectivity index (χ2v) is 8.53. The van der Waals surface area contributed by atoms with E-state index in [0.29, 0.717) is 11.4 Å². The van der Waals surface area contributed by atoms with E-state index in [4.69, 9.17) is 0 Å². The van der Waals surface area contributed by atoms with E-state index in [0.717, 1.165) is 24.5 Å². The van der Waals surface area contributed by atoms with Crippen molar-refractivity contribution in [2.75, 3.05) is 19.8 Å². The van der Waals surface area contributed by atoms with Gasteiger partial charge >= 0.3 is 0 Å². The smallest absolute Gasteiger partial charge is 0.191 e. The summed E-state index contributed by atoms with van der Waals surface area (Å²) in [6, 6.07) is 13.5. The Morgan fingerprint density at radius 2 is 1.56 bits per heavy atom. The number of hydrogen-bond acceptors (Lipinski definition) is 3. The molecule has 148 valence electrons. The molecule has 5 nitrogen and oxygen atoms in total. The SMILES string of the molecule is CN=C(NCCc1cc(C)cc(C)c1)NCc1ccc(S(C)(=O)=O)cc1.I. The second kappa shape index (κ2) is 10.7. The third-order valence-electron chi connectivity index (χ3n) is 4.02. The second-order valence-electron chi connectivity index (χ2n) is 6.51. The molecule has 2 aromatic rings. The van der Waals surface area contributed by atoms with Gasteiger partial charge in [-0.15, -0.1) is 24.0 Å². The normalized spacial score (nSPS) is 11.6. The fourth-order valence-corrected chi connectivity index (χ4v) is 3.43. The summed E-state index contributed by atoms with van der Waals surface area (Å²) in [6.07, 6.45) is 2.13. The topological polar surface area (TPSA) is 70.6 Å². The van der Waals surface area contributed by atoms with Crippen molar-refractivity contribution in [2.45, 2.75) is 31.7 Å². The van der Waals surface area contributed by atoms with Crippen LogP contribution in [0.2, 0.25) is 0 Å². The van der Waals surface area contributed by atoms with Gasteiger partial charge in [-0.3, -0.25) is 4.99 Å². The predicted octanol–water partition coefficient (Wildman–Crippen LogP) is 3.23. The average Bonchev–Trinajstić information content (AvgIpc) is 2.56. The van der Waals surface area contributed by atoms with E-state index in [9.17, 15) is 8.42 Å². The summed E-state index contributed by atoms with van der Waals surface area (Å²) < 4.78 is 23.0. The van der Waals surface area contributed by atoms with Gasteiger partial charge in [-0.2, -0.15) is 0 Å². The Morgan fingerprint density at radius 1 is 0.963 bits per heavy atom. The van der Waals surface area contributed by atoms with Gasteiger partial charge in [0.05, 0.1) is 4.90 Å². The van der Waals surface area contributed by atoms with Crippen LogP contribution in [0.3, 0.4) is 0 Å². The molecule has 2 N–H and O–H groups in total. The molecule has 0 aliphatic carbocycles. The Labute approximate surface area is 179 Å². The van der Waals surface area contributed by atoms with Gasteiger partial charge in [0.1, 0.15) is 0 Å². The zero-order valence-electron chi connectivity index (χ0n) is 16.2. The number of nitrogens with one attached hydrogen (secondary N) is 2. The number of hydrogen-bond donors (Lipinski definition) is 2. The zero-order valence-corrected chi connectivity index (χ0v) is 19.4. The summed E-state index contributed by atoms with van der Waals surface area (Å²) in [6.45, 7) is 5.59. The first-order valence-electron chi connectivity index (χ1n) is 8.58. The molecule has 0 unspecified atom stereocenters. The van der Waals surface area contributed by atoms with Crippen LogP contribution in [0.15, 0.2) is 52.4 Å². The molecule has 7 heteroatoms. The maximum Gasteiger partial charge on any atom is 0.191 e. The first-order valence-corrected chi connectivity index (χ1v) is 10.5. The summed E-state index contributed by atoms with van der Waals surface area (Å²) in [5.74, 6) is 0.724. The van der Waals surface area contributed by atoms with Gasteiger partial charge < -0.3 is 10.6 Å². The molecular formula is C20H28IN3O2S. The van der Waals surface area contributed by atoms with Crippen molar-refractivity contribution in [3.05, 3.63) is 64.7 Å². The Kier molecular flexibility index (Phi) is 9.25. The minimum Gasteiger partial charge on any atom is -0.356 e. The summed E-state index contributed by atoms with van der Waals surface area (Å²) in [5, 5.41) is 6.55. The molecule has 0 saturated carbocycles. The lowest BCUT2D eigenvalue weighted by molar-refractivity contribution is 0.602. The molecule has 0 spiro atoms. The van der Waals surface area contributed by atoms with E-state index in [1.165, 1.54) is 22.9 Å². The van der Waals surface area contributed by atoms with Crippen LogP contribution in [0.1, 0.15) is 22.3 Å². The van der Waals surface area contributed by atoms with Crippen LogP contribution < -0.4 is 10.6 Å². The van der Waals surface area contributed by atoms with Gasteiger partial charge in [-0.1, -0.05) is 41.5 Å². The zero-order chi connectivity index (χ0) is 19.2. The summed E-state index contributed by atoms with van der Waals surface area (Å²) in [7, 11) is -1.42. The third-order valence-corrected chi connectivity index (χ3v) is 5.15. The predicted molar refractivity (Wildman–Crippen MR) is 123 cm³/mol. The minimum atomic E-state index is -3.16. The van der Waals surface area contributed by atoms with Crippen molar-refractivity contribution < 1.29 is 8.42 Å². The molecule has 0 amide bonds. The lowest BCUT2D eigenvalue weighted by Gasteiger charge is -2.12. The van der Waals surface area contributed by atoms with Crippen molar-refractivity contribution in [3.63, 3.8) is 0 Å². The maximum atomic E-state index is 11.5. The Hall–Kier alpha value is -1.61. The fraction of sp³-hybridized carbons (Fsp3) is 0.350. The van der Waals surface area contributed by atoms with Crippen LogP contribution in [0, 0.1) is 13.8 Å². The van der Waals surface area contributed by atoms with Crippen LogP contribution in [0.25, 0.3) is 0 Å². The van der Waals surface area contributed by atoms with Crippen LogP contribution in [-0.4, -0.2) is 34.2 Å².